The Labute approximate surface area is 151 Å². The first kappa shape index (κ1) is 17.5. The van der Waals surface area contributed by atoms with Gasteiger partial charge in [-0.15, -0.1) is 0 Å². The molecule has 2 N–H and O–H groups in total. The minimum Gasteiger partial charge on any atom is -0.481 e. The maximum Gasteiger partial charge on any atom is 0.303 e. The Kier molecular flexibility index (Phi) is 5.17. The number of carboxylic acid groups (broad SMARTS) is 1. The fourth-order valence-electron chi connectivity index (χ4n) is 2.51. The van der Waals surface area contributed by atoms with Crippen LogP contribution in [0.2, 0.25) is 0 Å². The number of aliphatic carboxylic acids is 1. The van der Waals surface area contributed by atoms with Gasteiger partial charge < -0.3 is 10.4 Å². The van der Waals surface area contributed by atoms with E-state index in [0.717, 1.165) is 28.2 Å². The molecule has 7 heteroatoms. The van der Waals surface area contributed by atoms with E-state index in [1.165, 1.54) is 0 Å². The van der Waals surface area contributed by atoms with Gasteiger partial charge in [0.15, 0.2) is 0 Å². The number of carboxylic acids is 1. The molecule has 0 aliphatic rings. The van der Waals surface area contributed by atoms with E-state index in [2.05, 4.69) is 25.3 Å². The highest BCUT2D eigenvalue weighted by Gasteiger charge is 2.07. The van der Waals surface area contributed by atoms with Crippen LogP contribution in [0.15, 0.2) is 42.9 Å². The molecule has 0 spiro atoms. The van der Waals surface area contributed by atoms with Crippen LogP contribution in [0.1, 0.15) is 23.4 Å². The summed E-state index contributed by atoms with van der Waals surface area (Å²) in [4.78, 5) is 27.9. The SMILES string of the molecule is Cc1cc(Nc2nccc(C)n2)cc(-c2cnc(CCC(=O)O)cn2)c1. The van der Waals surface area contributed by atoms with Crippen molar-refractivity contribution in [3.63, 3.8) is 0 Å². The zero-order valence-electron chi connectivity index (χ0n) is 14.6. The number of nitrogens with zero attached hydrogens (tertiary/aromatic N) is 4. The first-order chi connectivity index (χ1) is 12.5. The Morgan fingerprint density at radius 1 is 1.12 bits per heavy atom. The minimum absolute atomic E-state index is 0.0447. The maximum absolute atomic E-state index is 10.6. The summed E-state index contributed by atoms with van der Waals surface area (Å²) in [6.07, 6.45) is 5.41. The lowest BCUT2D eigenvalue weighted by molar-refractivity contribution is -0.136. The van der Waals surface area contributed by atoms with Crippen molar-refractivity contribution >= 4 is 17.6 Å². The third kappa shape index (κ3) is 4.60. The first-order valence-electron chi connectivity index (χ1n) is 8.21. The van der Waals surface area contributed by atoms with Crippen molar-refractivity contribution in [2.75, 3.05) is 5.32 Å². The van der Waals surface area contributed by atoms with Crippen molar-refractivity contribution < 1.29 is 9.90 Å². The molecule has 7 nitrogen and oxygen atoms in total. The second kappa shape index (κ2) is 7.69. The van der Waals surface area contributed by atoms with Crippen LogP contribution in [0.3, 0.4) is 0 Å². The zero-order valence-corrected chi connectivity index (χ0v) is 14.6. The van der Waals surface area contributed by atoms with Crippen LogP contribution < -0.4 is 5.32 Å². The summed E-state index contributed by atoms with van der Waals surface area (Å²) in [6, 6.07) is 7.82. The van der Waals surface area contributed by atoms with Crippen LogP contribution in [0.4, 0.5) is 11.6 Å². The summed E-state index contributed by atoms with van der Waals surface area (Å²) in [5.41, 5.74) is 5.11. The molecule has 0 fully saturated rings. The summed E-state index contributed by atoms with van der Waals surface area (Å²) in [6.45, 7) is 3.91. The van der Waals surface area contributed by atoms with E-state index in [-0.39, 0.29) is 6.42 Å². The van der Waals surface area contributed by atoms with Crippen molar-refractivity contribution in [1.82, 2.24) is 19.9 Å². The molecule has 0 saturated carbocycles. The molecule has 1 aromatic carbocycles. The van der Waals surface area contributed by atoms with Gasteiger partial charge in [-0.2, -0.15) is 0 Å². The minimum atomic E-state index is -0.844. The molecule has 0 amide bonds. The molecule has 0 saturated heterocycles. The molecule has 2 aromatic heterocycles. The average molecular weight is 349 g/mol. The summed E-state index contributed by atoms with van der Waals surface area (Å²) in [5.74, 6) is -0.305. The predicted molar refractivity (Wildman–Crippen MR) is 98.2 cm³/mol. The highest BCUT2D eigenvalue weighted by atomic mass is 16.4. The van der Waals surface area contributed by atoms with Crippen LogP contribution in [0, 0.1) is 13.8 Å². The van der Waals surface area contributed by atoms with Crippen LogP contribution in [-0.4, -0.2) is 31.0 Å². The normalized spacial score (nSPS) is 10.5. The molecule has 0 bridgehead atoms. The van der Waals surface area contributed by atoms with Gasteiger partial charge in [0.1, 0.15) is 0 Å². The lowest BCUT2D eigenvalue weighted by atomic mass is 10.1. The van der Waals surface area contributed by atoms with E-state index in [4.69, 9.17) is 5.11 Å². The van der Waals surface area contributed by atoms with E-state index in [9.17, 15) is 4.79 Å². The number of rotatable bonds is 6. The van der Waals surface area contributed by atoms with Crippen LogP contribution in [-0.2, 0) is 11.2 Å². The number of carbonyl (C=O) groups is 1. The lowest BCUT2D eigenvalue weighted by Crippen LogP contribution is -2.01. The smallest absolute Gasteiger partial charge is 0.303 e. The molecular formula is C19H19N5O2. The molecular weight excluding hydrogens is 330 g/mol. The van der Waals surface area contributed by atoms with Gasteiger partial charge in [-0.05, 0) is 43.7 Å². The molecule has 0 atom stereocenters. The largest absolute Gasteiger partial charge is 0.481 e. The molecule has 3 rings (SSSR count). The quantitative estimate of drug-likeness (QED) is 0.704. The van der Waals surface area contributed by atoms with Crippen LogP contribution >= 0.6 is 0 Å². The molecule has 132 valence electrons. The maximum atomic E-state index is 10.6. The number of aromatic nitrogens is 4. The van der Waals surface area contributed by atoms with E-state index in [0.29, 0.717) is 18.1 Å². The fourth-order valence-corrected chi connectivity index (χ4v) is 2.51. The Morgan fingerprint density at radius 2 is 1.96 bits per heavy atom. The zero-order chi connectivity index (χ0) is 18.5. The van der Waals surface area contributed by atoms with Gasteiger partial charge in [-0.3, -0.25) is 14.8 Å². The van der Waals surface area contributed by atoms with Crippen molar-refractivity contribution in [3.8, 4) is 11.3 Å². The van der Waals surface area contributed by atoms with Gasteiger partial charge in [-0.25, -0.2) is 9.97 Å². The molecule has 3 aromatic rings. The molecule has 2 heterocycles. The second-order valence-corrected chi connectivity index (χ2v) is 6.02. The van der Waals surface area contributed by atoms with E-state index >= 15 is 0 Å². The number of aryl methyl sites for hydroxylation is 3. The highest BCUT2D eigenvalue weighted by Crippen LogP contribution is 2.24. The van der Waals surface area contributed by atoms with Gasteiger partial charge in [0.05, 0.1) is 24.0 Å². The van der Waals surface area contributed by atoms with E-state index in [1.807, 2.05) is 38.1 Å². The van der Waals surface area contributed by atoms with Gasteiger partial charge >= 0.3 is 5.97 Å². The molecule has 0 aliphatic carbocycles. The van der Waals surface area contributed by atoms with Crippen molar-refractivity contribution in [2.45, 2.75) is 26.7 Å². The fraction of sp³-hybridized carbons (Fsp3) is 0.211. The first-order valence-corrected chi connectivity index (χ1v) is 8.21. The molecule has 0 radical (unpaired) electrons. The Balaban J connectivity index is 1.82. The Morgan fingerprint density at radius 3 is 2.65 bits per heavy atom. The topological polar surface area (TPSA) is 101 Å². The van der Waals surface area contributed by atoms with Gasteiger partial charge in [0, 0.05) is 35.8 Å². The summed E-state index contributed by atoms with van der Waals surface area (Å²) in [7, 11) is 0. The number of nitrogens with one attached hydrogen (secondary N) is 1. The third-order valence-corrected chi connectivity index (χ3v) is 3.72. The second-order valence-electron chi connectivity index (χ2n) is 6.02. The standard InChI is InChI=1S/C19H19N5O2/c1-12-7-14(17-11-21-15(10-22-17)3-4-18(25)26)9-16(8-12)24-19-20-6-5-13(2)23-19/h5-11H,3-4H2,1-2H3,(H,25,26)(H,20,23,24). The molecule has 0 unspecified atom stereocenters. The van der Waals surface area contributed by atoms with Crippen LogP contribution in [0.5, 0.6) is 0 Å². The summed E-state index contributed by atoms with van der Waals surface area (Å²) < 4.78 is 0. The summed E-state index contributed by atoms with van der Waals surface area (Å²) >= 11 is 0. The third-order valence-electron chi connectivity index (χ3n) is 3.72. The van der Waals surface area contributed by atoms with Crippen LogP contribution in [0.25, 0.3) is 11.3 Å². The number of hydrogen-bond donors (Lipinski definition) is 2. The lowest BCUT2D eigenvalue weighted by Gasteiger charge is -2.09. The Bertz CT molecular complexity index is 925. The van der Waals surface area contributed by atoms with Gasteiger partial charge in [0.2, 0.25) is 5.95 Å². The monoisotopic (exact) mass is 349 g/mol. The predicted octanol–water partition coefficient (Wildman–Crippen LogP) is 3.31. The number of hydrogen-bond acceptors (Lipinski definition) is 6. The van der Waals surface area contributed by atoms with Crippen molar-refractivity contribution in [1.29, 1.82) is 0 Å². The highest BCUT2D eigenvalue weighted by molar-refractivity contribution is 5.68. The molecule has 26 heavy (non-hydrogen) atoms. The summed E-state index contributed by atoms with van der Waals surface area (Å²) in [5, 5.41) is 11.9. The number of anilines is 2. The van der Waals surface area contributed by atoms with E-state index < -0.39 is 5.97 Å². The number of benzene rings is 1. The van der Waals surface area contributed by atoms with Gasteiger partial charge in [-0.1, -0.05) is 0 Å². The van der Waals surface area contributed by atoms with Gasteiger partial charge in [0.25, 0.3) is 0 Å². The molecule has 0 aliphatic heterocycles. The van der Waals surface area contributed by atoms with E-state index in [1.54, 1.807) is 18.6 Å². The van der Waals surface area contributed by atoms with Crippen molar-refractivity contribution in [3.05, 3.63) is 59.8 Å². The van der Waals surface area contributed by atoms with Crippen molar-refractivity contribution in [2.24, 2.45) is 0 Å². The Hall–Kier alpha value is -3.35. The average Bonchev–Trinajstić information content (AvgIpc) is 2.60.